The van der Waals surface area contributed by atoms with Gasteiger partial charge in [0.1, 0.15) is 5.52 Å². The molecule has 0 aliphatic carbocycles. The summed E-state index contributed by atoms with van der Waals surface area (Å²) in [5.74, 6) is 0.296. The van der Waals surface area contributed by atoms with Crippen LogP contribution in [0.5, 0.6) is 0 Å². The summed E-state index contributed by atoms with van der Waals surface area (Å²) >= 11 is 5.31. The highest BCUT2D eigenvalue weighted by Gasteiger charge is 2.12. The van der Waals surface area contributed by atoms with Crippen LogP contribution in [0.2, 0.25) is 0 Å². The van der Waals surface area contributed by atoms with E-state index in [1.807, 2.05) is 67.6 Å². The molecule has 4 rings (SSSR count). The SMILES string of the molecule is CCc1ccc2oc(-c3cccc(NC(=S)NC(=O)c4ccccc4C)c3)nc2c1. The lowest BCUT2D eigenvalue weighted by atomic mass is 10.1. The molecule has 5 nitrogen and oxygen atoms in total. The molecule has 3 aromatic carbocycles. The van der Waals surface area contributed by atoms with Gasteiger partial charge >= 0.3 is 0 Å². The number of aryl methyl sites for hydroxylation is 2. The smallest absolute Gasteiger partial charge is 0.257 e. The van der Waals surface area contributed by atoms with Crippen LogP contribution in [0.3, 0.4) is 0 Å². The summed E-state index contributed by atoms with van der Waals surface area (Å²) in [7, 11) is 0. The molecule has 2 N–H and O–H groups in total. The van der Waals surface area contributed by atoms with Crippen LogP contribution < -0.4 is 10.6 Å². The number of amides is 1. The maximum Gasteiger partial charge on any atom is 0.257 e. The van der Waals surface area contributed by atoms with Crippen LogP contribution in [-0.4, -0.2) is 16.0 Å². The van der Waals surface area contributed by atoms with Gasteiger partial charge in [-0.05, 0) is 73.1 Å². The van der Waals surface area contributed by atoms with Crippen LogP contribution in [-0.2, 0) is 6.42 Å². The summed E-state index contributed by atoms with van der Waals surface area (Å²) in [4.78, 5) is 17.1. The molecule has 0 saturated heterocycles. The first-order chi connectivity index (χ1) is 14.5. The third-order valence-corrected chi connectivity index (χ3v) is 5.05. The second-order valence-corrected chi connectivity index (χ2v) is 7.39. The number of hydrogen-bond donors (Lipinski definition) is 2. The lowest BCUT2D eigenvalue weighted by Crippen LogP contribution is -2.34. The van der Waals surface area contributed by atoms with Crippen molar-refractivity contribution in [1.29, 1.82) is 0 Å². The number of carbonyl (C=O) groups is 1. The van der Waals surface area contributed by atoms with Crippen LogP contribution in [0.15, 0.2) is 71.1 Å². The third-order valence-electron chi connectivity index (χ3n) is 4.84. The Morgan fingerprint density at radius 3 is 2.70 bits per heavy atom. The molecule has 1 amide bonds. The number of hydrogen-bond acceptors (Lipinski definition) is 4. The van der Waals surface area contributed by atoms with Crippen molar-refractivity contribution in [2.24, 2.45) is 0 Å². The van der Waals surface area contributed by atoms with Gasteiger partial charge in [-0.2, -0.15) is 0 Å². The number of thiocarbonyl (C=S) groups is 1. The Morgan fingerprint density at radius 2 is 1.90 bits per heavy atom. The van der Waals surface area contributed by atoms with Gasteiger partial charge in [0.2, 0.25) is 5.89 Å². The lowest BCUT2D eigenvalue weighted by Gasteiger charge is -2.11. The third kappa shape index (κ3) is 4.23. The molecule has 0 spiro atoms. The monoisotopic (exact) mass is 415 g/mol. The quantitative estimate of drug-likeness (QED) is 0.431. The molecule has 150 valence electrons. The minimum absolute atomic E-state index is 0.227. The highest BCUT2D eigenvalue weighted by Crippen LogP contribution is 2.27. The van der Waals surface area contributed by atoms with Gasteiger partial charge in [-0.15, -0.1) is 0 Å². The van der Waals surface area contributed by atoms with Gasteiger partial charge in [0.05, 0.1) is 0 Å². The molecule has 4 aromatic rings. The predicted octanol–water partition coefficient (Wildman–Crippen LogP) is 5.49. The Morgan fingerprint density at radius 1 is 1.07 bits per heavy atom. The number of nitrogens with zero attached hydrogens (tertiary/aromatic N) is 1. The number of fused-ring (bicyclic) bond motifs is 1. The number of carbonyl (C=O) groups excluding carboxylic acids is 1. The van der Waals surface area contributed by atoms with Crippen molar-refractivity contribution in [3.63, 3.8) is 0 Å². The largest absolute Gasteiger partial charge is 0.436 e. The van der Waals surface area contributed by atoms with Crippen LogP contribution in [0.1, 0.15) is 28.4 Å². The summed E-state index contributed by atoms with van der Waals surface area (Å²) in [5.41, 5.74) is 5.84. The molecule has 0 fully saturated rings. The number of benzene rings is 3. The van der Waals surface area contributed by atoms with Crippen molar-refractivity contribution in [3.05, 3.63) is 83.4 Å². The number of aromatic nitrogens is 1. The minimum Gasteiger partial charge on any atom is -0.436 e. The number of oxazole rings is 1. The van der Waals surface area contributed by atoms with E-state index < -0.39 is 0 Å². The van der Waals surface area contributed by atoms with E-state index in [9.17, 15) is 4.79 Å². The fourth-order valence-corrected chi connectivity index (χ4v) is 3.42. The molecule has 0 radical (unpaired) electrons. The van der Waals surface area contributed by atoms with Crippen LogP contribution >= 0.6 is 12.2 Å². The van der Waals surface area contributed by atoms with Crippen molar-refractivity contribution >= 4 is 40.0 Å². The molecule has 30 heavy (non-hydrogen) atoms. The van der Waals surface area contributed by atoms with Crippen molar-refractivity contribution in [2.75, 3.05) is 5.32 Å². The predicted molar refractivity (Wildman–Crippen MR) is 124 cm³/mol. The maximum atomic E-state index is 12.4. The standard InChI is InChI=1S/C24H21N3O2S/c1-3-16-11-12-21-20(13-16)26-23(29-21)17-8-6-9-18(14-17)25-24(30)27-22(28)19-10-5-4-7-15(19)2/h4-14H,3H2,1-2H3,(H2,25,27,28,30). The van der Waals surface area contributed by atoms with E-state index >= 15 is 0 Å². The lowest BCUT2D eigenvalue weighted by molar-refractivity contribution is 0.0977. The Labute approximate surface area is 180 Å². The van der Waals surface area contributed by atoms with Gasteiger partial charge in [0, 0.05) is 16.8 Å². The van der Waals surface area contributed by atoms with Gasteiger partial charge in [-0.1, -0.05) is 37.3 Å². The van der Waals surface area contributed by atoms with Crippen molar-refractivity contribution < 1.29 is 9.21 Å². The van der Waals surface area contributed by atoms with Crippen LogP contribution in [0.4, 0.5) is 5.69 Å². The second kappa shape index (κ2) is 8.47. The van der Waals surface area contributed by atoms with Crippen molar-refractivity contribution in [1.82, 2.24) is 10.3 Å². The minimum atomic E-state index is -0.243. The van der Waals surface area contributed by atoms with Gasteiger partial charge in [-0.25, -0.2) is 4.98 Å². The first-order valence-electron chi connectivity index (χ1n) is 9.71. The number of nitrogens with one attached hydrogen (secondary N) is 2. The fraction of sp³-hybridized carbons (Fsp3) is 0.125. The van der Waals surface area contributed by atoms with E-state index in [0.29, 0.717) is 11.5 Å². The fourth-order valence-electron chi connectivity index (χ4n) is 3.21. The van der Waals surface area contributed by atoms with Gasteiger partial charge < -0.3 is 9.73 Å². The van der Waals surface area contributed by atoms with Gasteiger partial charge in [0.15, 0.2) is 10.7 Å². The first-order valence-corrected chi connectivity index (χ1v) is 10.1. The van der Waals surface area contributed by atoms with E-state index in [0.717, 1.165) is 34.3 Å². The Kier molecular flexibility index (Phi) is 5.59. The molecule has 0 aliphatic rings. The van der Waals surface area contributed by atoms with E-state index in [1.54, 1.807) is 6.07 Å². The highest BCUT2D eigenvalue weighted by molar-refractivity contribution is 7.80. The molecule has 0 unspecified atom stereocenters. The summed E-state index contributed by atoms with van der Waals surface area (Å²) in [6.07, 6.45) is 0.948. The summed E-state index contributed by atoms with van der Waals surface area (Å²) in [5, 5.41) is 6.00. The first kappa shape index (κ1) is 19.8. The van der Waals surface area contributed by atoms with Crippen molar-refractivity contribution in [3.8, 4) is 11.5 Å². The topological polar surface area (TPSA) is 67.2 Å². The molecule has 1 aromatic heterocycles. The highest BCUT2D eigenvalue weighted by atomic mass is 32.1. The normalized spacial score (nSPS) is 10.7. The van der Waals surface area contributed by atoms with Crippen molar-refractivity contribution in [2.45, 2.75) is 20.3 Å². The van der Waals surface area contributed by atoms with Crippen LogP contribution in [0, 0.1) is 6.92 Å². The Balaban J connectivity index is 1.50. The maximum absolute atomic E-state index is 12.4. The van der Waals surface area contributed by atoms with E-state index in [4.69, 9.17) is 16.6 Å². The Bertz CT molecular complexity index is 1250. The molecule has 6 heteroatoms. The molecule has 0 saturated carbocycles. The van der Waals surface area contributed by atoms with E-state index in [1.165, 1.54) is 5.56 Å². The Hall–Kier alpha value is -3.51. The summed E-state index contributed by atoms with van der Waals surface area (Å²) in [6.45, 7) is 4.00. The van der Waals surface area contributed by atoms with Gasteiger partial charge in [-0.3, -0.25) is 10.1 Å². The molecular formula is C24H21N3O2S. The average molecular weight is 416 g/mol. The second-order valence-electron chi connectivity index (χ2n) is 6.98. The van der Waals surface area contributed by atoms with E-state index in [-0.39, 0.29) is 11.0 Å². The summed E-state index contributed by atoms with van der Waals surface area (Å²) < 4.78 is 5.91. The van der Waals surface area contributed by atoms with Gasteiger partial charge in [0.25, 0.3) is 5.91 Å². The molecule has 0 atom stereocenters. The molecule has 0 aliphatic heterocycles. The number of anilines is 1. The zero-order valence-corrected chi connectivity index (χ0v) is 17.5. The molecule has 0 bridgehead atoms. The molecule has 1 heterocycles. The summed E-state index contributed by atoms with van der Waals surface area (Å²) in [6, 6.07) is 21.0. The zero-order valence-electron chi connectivity index (χ0n) is 16.7. The zero-order chi connectivity index (χ0) is 21.1. The number of rotatable bonds is 4. The van der Waals surface area contributed by atoms with E-state index in [2.05, 4.69) is 22.5 Å². The average Bonchev–Trinajstić information content (AvgIpc) is 3.17. The van der Waals surface area contributed by atoms with Crippen LogP contribution in [0.25, 0.3) is 22.6 Å². The molecular weight excluding hydrogens is 394 g/mol.